The average Bonchev–Trinajstić information content (AvgIpc) is 2.56. The van der Waals surface area contributed by atoms with Crippen molar-refractivity contribution < 1.29 is 9.47 Å². The van der Waals surface area contributed by atoms with E-state index in [1.807, 2.05) is 0 Å². The van der Waals surface area contributed by atoms with Gasteiger partial charge in [0.05, 0.1) is 14.2 Å². The summed E-state index contributed by atoms with van der Waals surface area (Å²) in [6.45, 7) is 5.13. The van der Waals surface area contributed by atoms with Crippen LogP contribution in [0.4, 0.5) is 0 Å². The van der Waals surface area contributed by atoms with Crippen molar-refractivity contribution in [1.82, 2.24) is 0 Å². The summed E-state index contributed by atoms with van der Waals surface area (Å²) in [6.07, 6.45) is 1.81. The number of aryl methyl sites for hydroxylation is 2. The summed E-state index contributed by atoms with van der Waals surface area (Å²) >= 11 is 0. The first-order valence-corrected chi connectivity index (χ1v) is 7.97. The van der Waals surface area contributed by atoms with E-state index < -0.39 is 0 Å². The fourth-order valence-electron chi connectivity index (χ4n) is 3.17. The van der Waals surface area contributed by atoms with Crippen LogP contribution in [0, 0.1) is 13.8 Å². The number of aliphatic imine (C=N–C) groups is 1. The Labute approximate surface area is 138 Å². The fourth-order valence-corrected chi connectivity index (χ4v) is 3.17. The lowest BCUT2D eigenvalue weighted by atomic mass is 9.91. The molecule has 0 N–H and O–H groups in total. The summed E-state index contributed by atoms with van der Waals surface area (Å²) in [6, 6.07) is 10.8. The third kappa shape index (κ3) is 3.09. The Kier molecular flexibility index (Phi) is 4.37. The quantitative estimate of drug-likeness (QED) is 0.857. The van der Waals surface area contributed by atoms with Gasteiger partial charge < -0.3 is 9.47 Å². The van der Waals surface area contributed by atoms with Crippen molar-refractivity contribution in [2.75, 3.05) is 20.8 Å². The highest BCUT2D eigenvalue weighted by atomic mass is 16.5. The molecule has 2 aromatic carbocycles. The van der Waals surface area contributed by atoms with Crippen LogP contribution in [-0.2, 0) is 12.8 Å². The minimum absolute atomic E-state index is 0.765. The molecule has 0 bridgehead atoms. The zero-order valence-corrected chi connectivity index (χ0v) is 14.3. The Morgan fingerprint density at radius 2 is 1.74 bits per heavy atom. The predicted molar refractivity (Wildman–Crippen MR) is 94.3 cm³/mol. The summed E-state index contributed by atoms with van der Waals surface area (Å²) in [7, 11) is 3.35. The number of nitrogens with zero attached hydrogens (tertiary/aromatic N) is 1. The molecule has 0 radical (unpaired) electrons. The molecule has 0 fully saturated rings. The van der Waals surface area contributed by atoms with Crippen molar-refractivity contribution in [2.45, 2.75) is 26.7 Å². The van der Waals surface area contributed by atoms with Gasteiger partial charge in [0.15, 0.2) is 11.5 Å². The van der Waals surface area contributed by atoms with Crippen molar-refractivity contribution in [2.24, 2.45) is 4.99 Å². The van der Waals surface area contributed by atoms with Gasteiger partial charge in [0.1, 0.15) is 0 Å². The molecule has 2 aromatic rings. The maximum Gasteiger partial charge on any atom is 0.161 e. The van der Waals surface area contributed by atoms with Crippen molar-refractivity contribution in [3.8, 4) is 11.5 Å². The Hall–Kier alpha value is -2.29. The lowest BCUT2D eigenvalue weighted by Gasteiger charge is -2.20. The highest BCUT2D eigenvalue weighted by Crippen LogP contribution is 2.33. The highest BCUT2D eigenvalue weighted by Gasteiger charge is 2.19. The van der Waals surface area contributed by atoms with Gasteiger partial charge >= 0.3 is 0 Å². The smallest absolute Gasteiger partial charge is 0.161 e. The SMILES string of the molecule is COc1cc2c(cc1OC)C(Cc1ccc(C)cc1C)=NCC2. The van der Waals surface area contributed by atoms with Crippen LogP contribution in [0.2, 0.25) is 0 Å². The van der Waals surface area contributed by atoms with Crippen molar-refractivity contribution in [3.63, 3.8) is 0 Å². The van der Waals surface area contributed by atoms with E-state index in [1.54, 1.807) is 14.2 Å². The molecule has 120 valence electrons. The molecule has 0 saturated heterocycles. The van der Waals surface area contributed by atoms with Crippen LogP contribution in [0.5, 0.6) is 11.5 Å². The number of methoxy groups -OCH3 is 2. The zero-order chi connectivity index (χ0) is 16.4. The average molecular weight is 309 g/mol. The highest BCUT2D eigenvalue weighted by molar-refractivity contribution is 6.04. The second-order valence-corrected chi connectivity index (χ2v) is 6.05. The molecule has 0 saturated carbocycles. The van der Waals surface area contributed by atoms with Gasteiger partial charge in [-0.3, -0.25) is 4.99 Å². The molecule has 1 aliphatic rings. The molecule has 1 heterocycles. The van der Waals surface area contributed by atoms with Gasteiger partial charge in [0.25, 0.3) is 0 Å². The normalized spacial score (nSPS) is 13.3. The molecule has 1 aliphatic heterocycles. The van der Waals surface area contributed by atoms with Gasteiger partial charge in [0.2, 0.25) is 0 Å². The van der Waals surface area contributed by atoms with Gasteiger partial charge in [-0.25, -0.2) is 0 Å². The van der Waals surface area contributed by atoms with Crippen LogP contribution in [0.1, 0.15) is 27.8 Å². The number of hydrogen-bond acceptors (Lipinski definition) is 3. The molecule has 0 spiro atoms. The summed E-state index contributed by atoms with van der Waals surface area (Å²) in [5.41, 5.74) is 7.56. The Morgan fingerprint density at radius 3 is 2.43 bits per heavy atom. The Balaban J connectivity index is 1.98. The van der Waals surface area contributed by atoms with Crippen LogP contribution < -0.4 is 9.47 Å². The van der Waals surface area contributed by atoms with Crippen LogP contribution in [0.15, 0.2) is 35.3 Å². The minimum atomic E-state index is 0.765. The van der Waals surface area contributed by atoms with E-state index in [-0.39, 0.29) is 0 Å². The van der Waals surface area contributed by atoms with E-state index in [0.29, 0.717) is 0 Å². The summed E-state index contributed by atoms with van der Waals surface area (Å²) in [4.78, 5) is 4.78. The lowest BCUT2D eigenvalue weighted by Crippen LogP contribution is -2.16. The third-order valence-electron chi connectivity index (χ3n) is 4.46. The monoisotopic (exact) mass is 309 g/mol. The molecule has 0 unspecified atom stereocenters. The molecular formula is C20H23NO2. The first kappa shape index (κ1) is 15.6. The number of ether oxygens (including phenoxy) is 2. The van der Waals surface area contributed by atoms with Gasteiger partial charge in [-0.2, -0.15) is 0 Å². The summed E-state index contributed by atoms with van der Waals surface area (Å²) < 4.78 is 10.9. The second-order valence-electron chi connectivity index (χ2n) is 6.05. The maximum atomic E-state index is 5.46. The Morgan fingerprint density at radius 1 is 1.00 bits per heavy atom. The van der Waals surface area contributed by atoms with Gasteiger partial charge in [-0.15, -0.1) is 0 Å². The van der Waals surface area contributed by atoms with E-state index in [9.17, 15) is 0 Å². The third-order valence-corrected chi connectivity index (χ3v) is 4.46. The van der Waals surface area contributed by atoms with Crippen LogP contribution >= 0.6 is 0 Å². The van der Waals surface area contributed by atoms with Crippen LogP contribution in [0.25, 0.3) is 0 Å². The molecular weight excluding hydrogens is 286 g/mol. The van der Waals surface area contributed by atoms with E-state index in [1.165, 1.54) is 27.8 Å². The summed E-state index contributed by atoms with van der Waals surface area (Å²) in [5.74, 6) is 1.56. The van der Waals surface area contributed by atoms with E-state index in [2.05, 4.69) is 44.2 Å². The standard InChI is InChI=1S/C20H23NO2/c1-13-5-6-15(14(2)9-13)10-18-17-12-20(23-4)19(22-3)11-16(17)7-8-21-18/h5-6,9,11-12H,7-8,10H2,1-4H3. The molecule has 3 heteroatoms. The molecule has 3 nitrogen and oxygen atoms in total. The topological polar surface area (TPSA) is 30.8 Å². The number of fused-ring (bicyclic) bond motifs is 1. The van der Waals surface area contributed by atoms with Gasteiger partial charge in [-0.1, -0.05) is 23.8 Å². The lowest BCUT2D eigenvalue weighted by molar-refractivity contribution is 0.354. The fraction of sp³-hybridized carbons (Fsp3) is 0.350. The van der Waals surface area contributed by atoms with E-state index in [0.717, 1.165) is 36.6 Å². The van der Waals surface area contributed by atoms with E-state index in [4.69, 9.17) is 14.5 Å². The predicted octanol–water partition coefficient (Wildman–Crippen LogP) is 3.91. The molecule has 23 heavy (non-hydrogen) atoms. The first-order valence-electron chi connectivity index (χ1n) is 7.97. The first-order chi connectivity index (χ1) is 11.1. The number of rotatable bonds is 4. The second kappa shape index (κ2) is 6.45. The zero-order valence-electron chi connectivity index (χ0n) is 14.3. The van der Waals surface area contributed by atoms with Crippen LogP contribution in [0.3, 0.4) is 0 Å². The van der Waals surface area contributed by atoms with Gasteiger partial charge in [-0.05, 0) is 49.1 Å². The molecule has 3 rings (SSSR count). The summed E-state index contributed by atoms with van der Waals surface area (Å²) in [5, 5.41) is 0. The number of hydrogen-bond donors (Lipinski definition) is 0. The molecule has 0 amide bonds. The minimum Gasteiger partial charge on any atom is -0.493 e. The molecule has 0 aromatic heterocycles. The number of benzene rings is 2. The van der Waals surface area contributed by atoms with Crippen LogP contribution in [-0.4, -0.2) is 26.5 Å². The Bertz CT molecular complexity index is 762. The molecule has 0 atom stereocenters. The van der Waals surface area contributed by atoms with Crippen molar-refractivity contribution in [1.29, 1.82) is 0 Å². The molecule has 0 aliphatic carbocycles. The largest absolute Gasteiger partial charge is 0.493 e. The van der Waals surface area contributed by atoms with Crippen molar-refractivity contribution in [3.05, 3.63) is 58.1 Å². The van der Waals surface area contributed by atoms with Crippen molar-refractivity contribution >= 4 is 5.71 Å². The maximum absolute atomic E-state index is 5.46. The van der Waals surface area contributed by atoms with Gasteiger partial charge in [0, 0.05) is 24.2 Å². The van der Waals surface area contributed by atoms with E-state index >= 15 is 0 Å².